The number of likely N-dealkylation sites (N-methyl/N-ethyl adjacent to an activating group) is 1. The van der Waals surface area contributed by atoms with Gasteiger partial charge in [-0.05, 0) is 26.6 Å². The van der Waals surface area contributed by atoms with Crippen LogP contribution in [0.2, 0.25) is 0 Å². The molecule has 126 valence electrons. The van der Waals surface area contributed by atoms with Crippen molar-refractivity contribution in [3.8, 4) is 0 Å². The lowest BCUT2D eigenvalue weighted by molar-refractivity contribution is 0.340. The molecule has 0 amide bonds. The van der Waals surface area contributed by atoms with Gasteiger partial charge in [0, 0.05) is 45.8 Å². The van der Waals surface area contributed by atoms with Gasteiger partial charge in [-0.3, -0.25) is 4.68 Å². The smallest absolute Gasteiger partial charge is 0.130 e. The number of hydrogen-bond acceptors (Lipinski definition) is 4. The second kappa shape index (κ2) is 7.62. The van der Waals surface area contributed by atoms with Crippen molar-refractivity contribution in [3.05, 3.63) is 47.2 Å². The number of rotatable bonds is 7. The molecule has 1 heterocycles. The zero-order valence-electron chi connectivity index (χ0n) is 15.2. The highest BCUT2D eigenvalue weighted by atomic mass is 15.4. The van der Waals surface area contributed by atoms with Gasteiger partial charge in [0.05, 0.1) is 5.69 Å². The van der Waals surface area contributed by atoms with Crippen molar-refractivity contribution in [3.63, 3.8) is 0 Å². The molecule has 1 aromatic heterocycles. The van der Waals surface area contributed by atoms with Crippen LogP contribution in [0.1, 0.15) is 22.9 Å². The van der Waals surface area contributed by atoms with E-state index in [0.29, 0.717) is 6.04 Å². The summed E-state index contributed by atoms with van der Waals surface area (Å²) in [5.74, 6) is 1.16. The Hall–Kier alpha value is -1.85. The third-order valence-electron chi connectivity index (χ3n) is 4.01. The molecule has 0 bridgehead atoms. The number of benzene rings is 1. The van der Waals surface area contributed by atoms with Crippen molar-refractivity contribution >= 4 is 5.82 Å². The van der Waals surface area contributed by atoms with Crippen molar-refractivity contribution in [2.75, 3.05) is 39.6 Å². The van der Waals surface area contributed by atoms with Crippen molar-refractivity contribution in [2.24, 2.45) is 7.05 Å². The summed E-state index contributed by atoms with van der Waals surface area (Å²) in [4.78, 5) is 4.34. The minimum absolute atomic E-state index is 0.292. The van der Waals surface area contributed by atoms with Gasteiger partial charge in [0.25, 0.3) is 0 Å². The van der Waals surface area contributed by atoms with Crippen LogP contribution in [0.3, 0.4) is 0 Å². The van der Waals surface area contributed by atoms with E-state index in [0.717, 1.165) is 24.6 Å². The van der Waals surface area contributed by atoms with Gasteiger partial charge in [-0.2, -0.15) is 5.10 Å². The average molecular weight is 315 g/mol. The van der Waals surface area contributed by atoms with Crippen molar-refractivity contribution in [1.29, 1.82) is 0 Å². The van der Waals surface area contributed by atoms with Crippen LogP contribution in [0, 0.1) is 6.92 Å². The minimum atomic E-state index is 0.292. The maximum atomic E-state index is 4.57. The minimum Gasteiger partial charge on any atom is -0.363 e. The highest BCUT2D eigenvalue weighted by Gasteiger charge is 2.18. The Labute approximate surface area is 139 Å². The molecule has 0 fully saturated rings. The SMILES string of the molecule is Cc1nn(C)c(N(C)C)c1CN[C@H](CN(C)C)c1ccccc1. The predicted molar refractivity (Wildman–Crippen MR) is 96.8 cm³/mol. The van der Waals surface area contributed by atoms with Gasteiger partial charge in [-0.15, -0.1) is 0 Å². The number of nitrogens with zero attached hydrogens (tertiary/aromatic N) is 4. The summed E-state index contributed by atoms with van der Waals surface area (Å²) in [5, 5.41) is 8.28. The Morgan fingerprint density at radius 3 is 2.35 bits per heavy atom. The van der Waals surface area contributed by atoms with E-state index in [4.69, 9.17) is 0 Å². The standard InChI is InChI=1S/C18H29N5/c1-14-16(18(22(4)5)23(6)20-14)12-19-17(13-21(2)3)15-10-8-7-9-11-15/h7-11,17,19H,12-13H2,1-6H3/t17-/m1/s1. The van der Waals surface area contributed by atoms with Crippen molar-refractivity contribution in [2.45, 2.75) is 19.5 Å². The Balaban J connectivity index is 2.19. The van der Waals surface area contributed by atoms with Gasteiger partial charge >= 0.3 is 0 Å². The summed E-state index contributed by atoms with van der Waals surface area (Å²) in [6.07, 6.45) is 0. The molecule has 0 aliphatic rings. The van der Waals surface area contributed by atoms with Crippen LogP contribution in [0.25, 0.3) is 0 Å². The molecule has 5 heteroatoms. The maximum absolute atomic E-state index is 4.57. The molecular formula is C18H29N5. The molecule has 1 aromatic carbocycles. The predicted octanol–water partition coefficient (Wildman–Crippen LogP) is 2.19. The molecule has 0 saturated carbocycles. The van der Waals surface area contributed by atoms with Crippen LogP contribution in [-0.4, -0.2) is 49.4 Å². The fourth-order valence-electron chi connectivity index (χ4n) is 3.02. The van der Waals surface area contributed by atoms with E-state index >= 15 is 0 Å². The average Bonchev–Trinajstić information content (AvgIpc) is 2.78. The number of nitrogens with one attached hydrogen (secondary N) is 1. The van der Waals surface area contributed by atoms with Crippen molar-refractivity contribution in [1.82, 2.24) is 20.0 Å². The molecule has 1 N–H and O–H groups in total. The second-order valence-corrected chi connectivity index (χ2v) is 6.51. The fourth-order valence-corrected chi connectivity index (χ4v) is 3.02. The van der Waals surface area contributed by atoms with Crippen LogP contribution in [-0.2, 0) is 13.6 Å². The summed E-state index contributed by atoms with van der Waals surface area (Å²) >= 11 is 0. The van der Waals surface area contributed by atoms with Crippen LogP contribution in [0.4, 0.5) is 5.82 Å². The Morgan fingerprint density at radius 1 is 1.13 bits per heavy atom. The molecule has 23 heavy (non-hydrogen) atoms. The maximum Gasteiger partial charge on any atom is 0.130 e. The first kappa shape index (κ1) is 17.5. The molecule has 0 aliphatic carbocycles. The van der Waals surface area contributed by atoms with Crippen LogP contribution >= 0.6 is 0 Å². The summed E-state index contributed by atoms with van der Waals surface area (Å²) in [6, 6.07) is 10.9. The highest BCUT2D eigenvalue weighted by Crippen LogP contribution is 2.22. The van der Waals surface area contributed by atoms with Gasteiger partial charge in [0.1, 0.15) is 5.82 Å². The van der Waals surface area contributed by atoms with E-state index in [-0.39, 0.29) is 0 Å². The quantitative estimate of drug-likeness (QED) is 0.850. The third-order valence-corrected chi connectivity index (χ3v) is 4.01. The first-order valence-electron chi connectivity index (χ1n) is 8.03. The topological polar surface area (TPSA) is 36.3 Å². The molecule has 0 spiro atoms. The lowest BCUT2D eigenvalue weighted by Crippen LogP contribution is -2.31. The number of hydrogen-bond donors (Lipinski definition) is 1. The molecule has 2 rings (SSSR count). The first-order chi connectivity index (χ1) is 10.9. The monoisotopic (exact) mass is 315 g/mol. The Bertz CT molecular complexity index is 616. The zero-order valence-corrected chi connectivity index (χ0v) is 15.2. The molecule has 0 radical (unpaired) electrons. The molecule has 5 nitrogen and oxygen atoms in total. The normalized spacial score (nSPS) is 12.7. The van der Waals surface area contributed by atoms with E-state index in [1.165, 1.54) is 11.1 Å². The van der Waals surface area contributed by atoms with Gasteiger partial charge in [-0.25, -0.2) is 0 Å². The van der Waals surface area contributed by atoms with Crippen LogP contribution in [0.5, 0.6) is 0 Å². The Morgan fingerprint density at radius 2 is 1.78 bits per heavy atom. The molecule has 0 saturated heterocycles. The molecule has 0 aliphatic heterocycles. The lowest BCUT2D eigenvalue weighted by atomic mass is 10.1. The van der Waals surface area contributed by atoms with Gasteiger partial charge in [0.2, 0.25) is 0 Å². The fraction of sp³-hybridized carbons (Fsp3) is 0.500. The summed E-state index contributed by atoms with van der Waals surface area (Å²) in [5.41, 5.74) is 3.66. The van der Waals surface area contributed by atoms with Gasteiger partial charge in [0.15, 0.2) is 0 Å². The number of aromatic nitrogens is 2. The van der Waals surface area contributed by atoms with E-state index < -0.39 is 0 Å². The van der Waals surface area contributed by atoms with Crippen molar-refractivity contribution < 1.29 is 0 Å². The highest BCUT2D eigenvalue weighted by molar-refractivity contribution is 5.48. The molecule has 1 atom stereocenters. The number of anilines is 1. The van der Waals surface area contributed by atoms with E-state index in [1.54, 1.807) is 0 Å². The second-order valence-electron chi connectivity index (χ2n) is 6.51. The van der Waals surface area contributed by atoms with E-state index in [2.05, 4.69) is 85.7 Å². The first-order valence-corrected chi connectivity index (χ1v) is 8.03. The van der Waals surface area contributed by atoms with Crippen LogP contribution in [0.15, 0.2) is 30.3 Å². The third kappa shape index (κ3) is 4.33. The van der Waals surface area contributed by atoms with Gasteiger partial charge < -0.3 is 15.1 Å². The zero-order chi connectivity index (χ0) is 17.0. The molecular weight excluding hydrogens is 286 g/mol. The molecule has 0 unspecified atom stereocenters. The number of aryl methyl sites for hydroxylation is 2. The summed E-state index contributed by atoms with van der Waals surface area (Å²) in [7, 11) is 10.3. The molecule has 2 aromatic rings. The summed E-state index contributed by atoms with van der Waals surface area (Å²) in [6.45, 7) is 3.84. The van der Waals surface area contributed by atoms with E-state index in [1.807, 2.05) is 11.7 Å². The van der Waals surface area contributed by atoms with Gasteiger partial charge in [-0.1, -0.05) is 30.3 Å². The largest absolute Gasteiger partial charge is 0.363 e. The van der Waals surface area contributed by atoms with Crippen LogP contribution < -0.4 is 10.2 Å². The Kier molecular flexibility index (Phi) is 5.80. The lowest BCUT2D eigenvalue weighted by Gasteiger charge is -2.24. The summed E-state index contributed by atoms with van der Waals surface area (Å²) < 4.78 is 1.95. The van der Waals surface area contributed by atoms with E-state index in [9.17, 15) is 0 Å².